The smallest absolute Gasteiger partial charge is 0.200 e. The number of aryl methyl sites for hydroxylation is 1. The summed E-state index contributed by atoms with van der Waals surface area (Å²) in [6, 6.07) is 6.27. The lowest BCUT2D eigenvalue weighted by Gasteiger charge is -2.15. The van der Waals surface area contributed by atoms with Gasteiger partial charge in [0, 0.05) is 8.95 Å². The molecular weight excluding hydrogens is 403 g/mol. The summed E-state index contributed by atoms with van der Waals surface area (Å²) in [6.07, 6.45) is 0. The topological polar surface area (TPSA) is 26.3 Å². The van der Waals surface area contributed by atoms with Crippen molar-refractivity contribution in [1.29, 1.82) is 0 Å². The van der Waals surface area contributed by atoms with Crippen molar-refractivity contribution >= 4 is 37.6 Å². The van der Waals surface area contributed by atoms with E-state index in [9.17, 15) is 9.18 Å². The Morgan fingerprint density at radius 3 is 2.43 bits per heavy atom. The molecule has 0 bridgehead atoms. The Balaban J connectivity index is 2.68. The van der Waals surface area contributed by atoms with Gasteiger partial charge in [0.25, 0.3) is 0 Å². The summed E-state index contributed by atoms with van der Waals surface area (Å²) in [5.74, 6) is -0.477. The summed E-state index contributed by atoms with van der Waals surface area (Å²) < 4.78 is 20.8. The van der Waals surface area contributed by atoms with Gasteiger partial charge >= 0.3 is 0 Å². The zero-order valence-corrected chi connectivity index (χ0v) is 14.9. The number of rotatable bonds is 3. The summed E-state index contributed by atoms with van der Waals surface area (Å²) in [6.45, 7) is 3.65. The lowest BCUT2D eigenvalue weighted by Crippen LogP contribution is -2.10. The predicted molar refractivity (Wildman–Crippen MR) is 87.7 cm³/mol. The molecule has 0 saturated carbocycles. The van der Waals surface area contributed by atoms with E-state index in [2.05, 4.69) is 31.9 Å². The molecule has 0 spiro atoms. The molecule has 0 fully saturated rings. The number of carbonyl (C=O) groups is 1. The molecule has 2 nitrogen and oxygen atoms in total. The van der Waals surface area contributed by atoms with Crippen molar-refractivity contribution in [1.82, 2.24) is 0 Å². The van der Waals surface area contributed by atoms with E-state index >= 15 is 0 Å². The van der Waals surface area contributed by atoms with Gasteiger partial charge in [0.15, 0.2) is 5.78 Å². The summed E-state index contributed by atoms with van der Waals surface area (Å²) >= 11 is 6.61. The minimum absolute atomic E-state index is 0.0251. The molecule has 2 rings (SSSR count). The fourth-order valence-electron chi connectivity index (χ4n) is 2.20. The fourth-order valence-corrected chi connectivity index (χ4v) is 3.07. The van der Waals surface area contributed by atoms with Crippen molar-refractivity contribution < 1.29 is 13.9 Å². The van der Waals surface area contributed by atoms with Gasteiger partial charge in [-0.1, -0.05) is 31.9 Å². The Morgan fingerprint density at radius 2 is 1.86 bits per heavy atom. The van der Waals surface area contributed by atoms with E-state index in [-0.39, 0.29) is 5.56 Å². The first-order valence-corrected chi connectivity index (χ1v) is 7.78. The van der Waals surface area contributed by atoms with E-state index in [1.54, 1.807) is 13.0 Å². The van der Waals surface area contributed by atoms with Crippen LogP contribution in [0.15, 0.2) is 33.2 Å². The summed E-state index contributed by atoms with van der Waals surface area (Å²) in [7, 11) is 1.50. The minimum atomic E-state index is -0.562. The van der Waals surface area contributed by atoms with Crippen molar-refractivity contribution in [2.45, 2.75) is 13.8 Å². The highest BCUT2D eigenvalue weighted by molar-refractivity contribution is 9.10. The number of hydrogen-bond donors (Lipinski definition) is 0. The van der Waals surface area contributed by atoms with Crippen LogP contribution in [0.2, 0.25) is 0 Å². The molecule has 0 aliphatic heterocycles. The van der Waals surface area contributed by atoms with E-state index in [1.807, 2.05) is 13.0 Å². The van der Waals surface area contributed by atoms with Gasteiger partial charge < -0.3 is 4.74 Å². The van der Waals surface area contributed by atoms with Crippen LogP contribution in [0.4, 0.5) is 4.39 Å². The van der Waals surface area contributed by atoms with Crippen molar-refractivity contribution in [3.05, 3.63) is 61.3 Å². The maximum Gasteiger partial charge on any atom is 0.200 e. The highest BCUT2D eigenvalue weighted by atomic mass is 79.9. The van der Waals surface area contributed by atoms with Gasteiger partial charge in [-0.15, -0.1) is 0 Å². The number of ketones is 1. The molecule has 0 unspecified atom stereocenters. The van der Waals surface area contributed by atoms with Gasteiger partial charge in [-0.3, -0.25) is 4.79 Å². The lowest BCUT2D eigenvalue weighted by atomic mass is 9.95. The summed E-state index contributed by atoms with van der Waals surface area (Å²) in [4.78, 5) is 12.7. The van der Waals surface area contributed by atoms with Crippen LogP contribution in [-0.4, -0.2) is 12.9 Å². The van der Waals surface area contributed by atoms with Crippen LogP contribution in [0.3, 0.4) is 0 Å². The van der Waals surface area contributed by atoms with E-state index in [1.165, 1.54) is 19.2 Å². The molecule has 0 amide bonds. The standard InChI is InChI=1S/C16H13Br2FO2/c1-8-6-12(18)9(2)14(16(8)21-3)15(20)11-5-4-10(17)7-13(11)19/h4-7H,1-3H3. The second kappa shape index (κ2) is 6.28. The molecule has 2 aromatic carbocycles. The molecule has 0 aliphatic rings. The Morgan fingerprint density at radius 1 is 1.19 bits per heavy atom. The fraction of sp³-hybridized carbons (Fsp3) is 0.188. The molecule has 0 heterocycles. The lowest BCUT2D eigenvalue weighted by molar-refractivity contribution is 0.103. The third-order valence-electron chi connectivity index (χ3n) is 3.27. The Labute approximate surface area is 139 Å². The maximum absolute atomic E-state index is 14.1. The zero-order valence-electron chi connectivity index (χ0n) is 11.8. The van der Waals surface area contributed by atoms with Crippen molar-refractivity contribution in [2.75, 3.05) is 7.11 Å². The molecule has 0 N–H and O–H groups in total. The third-order valence-corrected chi connectivity index (χ3v) is 4.59. The average Bonchev–Trinajstić information content (AvgIpc) is 2.41. The molecule has 0 aromatic heterocycles. The molecule has 0 aliphatic carbocycles. The highest BCUT2D eigenvalue weighted by Crippen LogP contribution is 2.34. The van der Waals surface area contributed by atoms with Crippen LogP contribution in [0.25, 0.3) is 0 Å². The van der Waals surface area contributed by atoms with Crippen molar-refractivity contribution in [3.8, 4) is 5.75 Å². The molecule has 2 aromatic rings. The number of carbonyl (C=O) groups excluding carboxylic acids is 1. The van der Waals surface area contributed by atoms with Gasteiger partial charge in [0.1, 0.15) is 11.6 Å². The first-order chi connectivity index (χ1) is 9.86. The summed E-state index contributed by atoms with van der Waals surface area (Å²) in [5.41, 5.74) is 1.95. The maximum atomic E-state index is 14.1. The van der Waals surface area contributed by atoms with Gasteiger partial charge in [-0.05, 0) is 49.2 Å². The Bertz CT molecular complexity index is 727. The Kier molecular flexibility index (Phi) is 4.84. The van der Waals surface area contributed by atoms with Crippen molar-refractivity contribution in [3.63, 3.8) is 0 Å². The van der Waals surface area contributed by atoms with Gasteiger partial charge in [-0.2, -0.15) is 0 Å². The van der Waals surface area contributed by atoms with Crippen LogP contribution < -0.4 is 4.74 Å². The minimum Gasteiger partial charge on any atom is -0.496 e. The first-order valence-electron chi connectivity index (χ1n) is 6.20. The van der Waals surface area contributed by atoms with E-state index in [4.69, 9.17) is 4.74 Å². The summed E-state index contributed by atoms with van der Waals surface area (Å²) in [5, 5.41) is 0. The molecule has 110 valence electrons. The number of ether oxygens (including phenoxy) is 1. The molecule has 0 atom stereocenters. The molecule has 21 heavy (non-hydrogen) atoms. The van der Waals surface area contributed by atoms with Gasteiger partial charge in [0.2, 0.25) is 0 Å². The zero-order chi connectivity index (χ0) is 15.7. The van der Waals surface area contributed by atoms with Crippen molar-refractivity contribution in [2.24, 2.45) is 0 Å². The van der Waals surface area contributed by atoms with Crippen LogP contribution >= 0.6 is 31.9 Å². The number of benzene rings is 2. The van der Waals surface area contributed by atoms with Gasteiger partial charge in [-0.25, -0.2) is 4.39 Å². The normalized spacial score (nSPS) is 10.6. The second-order valence-electron chi connectivity index (χ2n) is 4.66. The van der Waals surface area contributed by atoms with E-state index in [0.29, 0.717) is 15.8 Å². The molecule has 0 saturated heterocycles. The number of methoxy groups -OCH3 is 1. The van der Waals surface area contributed by atoms with Crippen LogP contribution in [0, 0.1) is 19.7 Å². The van der Waals surface area contributed by atoms with Crippen LogP contribution in [0.5, 0.6) is 5.75 Å². The second-order valence-corrected chi connectivity index (χ2v) is 6.43. The molecule has 0 radical (unpaired) electrons. The van der Waals surface area contributed by atoms with Crippen LogP contribution in [-0.2, 0) is 0 Å². The molecule has 5 heteroatoms. The molecular formula is C16H13Br2FO2. The number of halogens is 3. The SMILES string of the molecule is COc1c(C)cc(Br)c(C)c1C(=O)c1ccc(Br)cc1F. The van der Waals surface area contributed by atoms with E-state index in [0.717, 1.165) is 15.6 Å². The van der Waals surface area contributed by atoms with Gasteiger partial charge in [0.05, 0.1) is 18.2 Å². The first kappa shape index (κ1) is 16.2. The average molecular weight is 416 g/mol. The predicted octanol–water partition coefficient (Wildman–Crippen LogP) is 5.21. The highest BCUT2D eigenvalue weighted by Gasteiger charge is 2.23. The Hall–Kier alpha value is -1.20. The van der Waals surface area contributed by atoms with E-state index < -0.39 is 11.6 Å². The largest absolute Gasteiger partial charge is 0.496 e. The quantitative estimate of drug-likeness (QED) is 0.643. The van der Waals surface area contributed by atoms with Crippen LogP contribution in [0.1, 0.15) is 27.0 Å². The number of hydrogen-bond acceptors (Lipinski definition) is 2. The third kappa shape index (κ3) is 3.04. The monoisotopic (exact) mass is 414 g/mol.